The Kier molecular flexibility index (Phi) is 5.14. The molecule has 1 unspecified atom stereocenters. The number of nitrogens with one attached hydrogen (secondary N) is 1. The second-order valence-electron chi connectivity index (χ2n) is 5.44. The first-order valence-electron chi connectivity index (χ1n) is 5.86. The molecule has 0 saturated carbocycles. The maximum Gasteiger partial charge on any atom is 0.305 e. The molecule has 0 aliphatic carbocycles. The quantitative estimate of drug-likeness (QED) is 0.561. The highest BCUT2D eigenvalue weighted by atomic mass is 32.1. The molecule has 0 spiro atoms. The third-order valence-electron chi connectivity index (χ3n) is 2.37. The molecule has 0 saturated heterocycles. The predicted molar refractivity (Wildman–Crippen MR) is 76.1 cm³/mol. The van der Waals surface area contributed by atoms with Crippen LogP contribution in [0.1, 0.15) is 16.1 Å². The molecule has 2 radical (unpaired) electrons. The molecule has 5 nitrogen and oxygen atoms in total. The Morgan fingerprint density at radius 3 is 2.47 bits per heavy atom. The number of quaternary nitrogens is 1. The smallest absolute Gasteiger partial charge is 0.305 e. The van der Waals surface area contributed by atoms with Crippen molar-refractivity contribution in [2.75, 3.05) is 27.7 Å². The summed E-state index contributed by atoms with van der Waals surface area (Å²) in [6, 6.07) is 2.89. The van der Waals surface area contributed by atoms with Gasteiger partial charge in [0.05, 0.1) is 45.0 Å². The fourth-order valence-corrected chi connectivity index (χ4v) is 2.44. The summed E-state index contributed by atoms with van der Waals surface area (Å²) in [5.41, 5.74) is 0. The number of aliphatic carboxylic acids is 1. The van der Waals surface area contributed by atoms with Crippen LogP contribution in [0.2, 0.25) is 0 Å². The van der Waals surface area contributed by atoms with E-state index in [9.17, 15) is 9.59 Å². The van der Waals surface area contributed by atoms with Gasteiger partial charge in [0.15, 0.2) is 0 Å². The van der Waals surface area contributed by atoms with Crippen LogP contribution < -0.4 is 10.1 Å². The molecule has 0 aliphatic rings. The van der Waals surface area contributed by atoms with E-state index in [0.717, 1.165) is 0 Å². The molecule has 1 amide bonds. The minimum atomic E-state index is -0.926. The normalized spacial score (nSPS) is 13.0. The minimum Gasteiger partial charge on any atom is -0.481 e. The van der Waals surface area contributed by atoms with Gasteiger partial charge in [0.1, 0.15) is 7.85 Å². The Morgan fingerprint density at radius 2 is 2.05 bits per heavy atom. The summed E-state index contributed by atoms with van der Waals surface area (Å²) in [6.45, 7) is 0.541. The number of rotatable bonds is 6. The second kappa shape index (κ2) is 6.21. The summed E-state index contributed by atoms with van der Waals surface area (Å²) in [6.07, 6.45) is -0.0951. The van der Waals surface area contributed by atoms with Gasteiger partial charge in [-0.1, -0.05) is 6.07 Å². The van der Waals surface area contributed by atoms with Crippen LogP contribution in [-0.2, 0) is 4.79 Å². The highest BCUT2D eigenvalue weighted by Crippen LogP contribution is 2.07. The van der Waals surface area contributed by atoms with Crippen LogP contribution >= 0.6 is 11.3 Å². The van der Waals surface area contributed by atoms with Crippen molar-refractivity contribution >= 4 is 35.8 Å². The Bertz CT molecular complexity index is 468. The van der Waals surface area contributed by atoms with Crippen molar-refractivity contribution in [3.63, 3.8) is 0 Å². The summed E-state index contributed by atoms with van der Waals surface area (Å²) in [5.74, 6) is -1.20. The number of hydrogen-bond acceptors (Lipinski definition) is 3. The highest BCUT2D eigenvalue weighted by molar-refractivity contribution is 7.21. The van der Waals surface area contributed by atoms with Gasteiger partial charge in [-0.3, -0.25) is 9.59 Å². The molecule has 7 heteroatoms. The Balaban J connectivity index is 2.71. The standard InChI is InChI=1S/C12H17BN2O3S/c1-15(2,3)7-8(6-11(16)17)14-12(18)9-4-5-10(13)19-9/h4-5,8H,6-7H2,1-3H3,(H-,14,16,17,18)/p+1. The zero-order valence-corrected chi connectivity index (χ0v) is 12.2. The summed E-state index contributed by atoms with van der Waals surface area (Å²) in [7, 11) is 11.4. The molecular weight excluding hydrogens is 263 g/mol. The lowest BCUT2D eigenvalue weighted by molar-refractivity contribution is -0.871. The van der Waals surface area contributed by atoms with Crippen molar-refractivity contribution in [2.45, 2.75) is 12.5 Å². The summed E-state index contributed by atoms with van der Waals surface area (Å²) in [5, 5.41) is 11.6. The van der Waals surface area contributed by atoms with Crippen molar-refractivity contribution in [2.24, 2.45) is 0 Å². The summed E-state index contributed by atoms with van der Waals surface area (Å²) < 4.78 is 1.14. The predicted octanol–water partition coefficient (Wildman–Crippen LogP) is -0.179. The van der Waals surface area contributed by atoms with Gasteiger partial charge in [-0.2, -0.15) is 0 Å². The monoisotopic (exact) mass is 281 g/mol. The van der Waals surface area contributed by atoms with Gasteiger partial charge in [0.2, 0.25) is 0 Å². The van der Waals surface area contributed by atoms with Crippen molar-refractivity contribution in [1.29, 1.82) is 0 Å². The average Bonchev–Trinajstić information content (AvgIpc) is 2.60. The first-order valence-corrected chi connectivity index (χ1v) is 6.67. The highest BCUT2D eigenvalue weighted by Gasteiger charge is 2.23. The molecule has 1 atom stereocenters. The Labute approximate surface area is 118 Å². The summed E-state index contributed by atoms with van der Waals surface area (Å²) in [4.78, 5) is 23.3. The average molecular weight is 281 g/mol. The first kappa shape index (κ1) is 15.7. The zero-order valence-electron chi connectivity index (χ0n) is 11.3. The number of amides is 1. The largest absolute Gasteiger partial charge is 0.481 e. The lowest BCUT2D eigenvalue weighted by atomic mass is 10.1. The first-order chi connectivity index (χ1) is 8.67. The van der Waals surface area contributed by atoms with Crippen LogP contribution in [0.4, 0.5) is 0 Å². The van der Waals surface area contributed by atoms with Gasteiger partial charge in [0, 0.05) is 0 Å². The molecule has 102 valence electrons. The van der Waals surface area contributed by atoms with E-state index in [0.29, 0.717) is 20.7 Å². The van der Waals surface area contributed by atoms with Crippen LogP contribution in [-0.4, -0.2) is 63.0 Å². The third kappa shape index (κ3) is 5.89. The van der Waals surface area contributed by atoms with Gasteiger partial charge in [-0.05, 0) is 10.8 Å². The number of carboxylic acids is 1. The molecule has 1 aromatic rings. The SMILES string of the molecule is [B]c1ccc(C(=O)NC(CC(=O)O)C[N+](C)(C)C)s1. The second-order valence-corrected chi connectivity index (χ2v) is 6.56. The molecule has 0 fully saturated rings. The topological polar surface area (TPSA) is 66.4 Å². The third-order valence-corrected chi connectivity index (χ3v) is 3.29. The maximum absolute atomic E-state index is 12.0. The van der Waals surface area contributed by atoms with E-state index >= 15 is 0 Å². The minimum absolute atomic E-state index is 0.0951. The van der Waals surface area contributed by atoms with E-state index in [-0.39, 0.29) is 12.3 Å². The number of likely N-dealkylation sites (N-methyl/N-ethyl adjacent to an activating group) is 1. The van der Waals surface area contributed by atoms with E-state index in [2.05, 4.69) is 5.32 Å². The molecule has 0 aromatic carbocycles. The Morgan fingerprint density at radius 1 is 1.42 bits per heavy atom. The van der Waals surface area contributed by atoms with Gasteiger partial charge in [-0.25, -0.2) is 0 Å². The molecular formula is C12H18BN2O3S+. The van der Waals surface area contributed by atoms with Crippen molar-refractivity contribution in [3.05, 3.63) is 17.0 Å². The van der Waals surface area contributed by atoms with Gasteiger partial charge in [0.25, 0.3) is 5.91 Å². The summed E-state index contributed by atoms with van der Waals surface area (Å²) >= 11 is 1.19. The zero-order chi connectivity index (χ0) is 14.6. The molecule has 1 heterocycles. The van der Waals surface area contributed by atoms with E-state index in [4.69, 9.17) is 13.0 Å². The number of hydrogen-bond donors (Lipinski definition) is 2. The van der Waals surface area contributed by atoms with Crippen LogP contribution in [0.25, 0.3) is 0 Å². The van der Waals surface area contributed by atoms with Gasteiger partial charge < -0.3 is 14.9 Å². The lowest BCUT2D eigenvalue weighted by Gasteiger charge is -2.29. The molecule has 0 aliphatic heterocycles. The van der Waals surface area contributed by atoms with Crippen LogP contribution in [0.3, 0.4) is 0 Å². The molecule has 1 aromatic heterocycles. The molecule has 1 rings (SSSR count). The van der Waals surface area contributed by atoms with Crippen molar-refractivity contribution in [1.82, 2.24) is 5.32 Å². The Hall–Kier alpha value is -1.34. The van der Waals surface area contributed by atoms with Gasteiger partial charge >= 0.3 is 5.97 Å². The van der Waals surface area contributed by atoms with E-state index < -0.39 is 12.0 Å². The van der Waals surface area contributed by atoms with Crippen LogP contribution in [0.5, 0.6) is 0 Å². The number of carbonyl (C=O) groups is 2. The van der Waals surface area contributed by atoms with E-state index in [1.54, 1.807) is 12.1 Å². The molecule has 2 N–H and O–H groups in total. The molecule has 0 bridgehead atoms. The van der Waals surface area contributed by atoms with Gasteiger partial charge in [-0.15, -0.1) is 11.3 Å². The number of nitrogens with zero attached hydrogens (tertiary/aromatic N) is 1. The number of carbonyl (C=O) groups excluding carboxylic acids is 1. The van der Waals surface area contributed by atoms with E-state index in [1.165, 1.54) is 11.3 Å². The molecule has 19 heavy (non-hydrogen) atoms. The van der Waals surface area contributed by atoms with Crippen molar-refractivity contribution < 1.29 is 19.2 Å². The fourth-order valence-electron chi connectivity index (χ4n) is 1.76. The van der Waals surface area contributed by atoms with Crippen LogP contribution in [0.15, 0.2) is 12.1 Å². The van der Waals surface area contributed by atoms with E-state index in [1.807, 2.05) is 21.1 Å². The lowest BCUT2D eigenvalue weighted by Crippen LogP contribution is -2.49. The number of thiophene rings is 1. The van der Waals surface area contributed by atoms with Crippen LogP contribution in [0, 0.1) is 0 Å². The fraction of sp³-hybridized carbons (Fsp3) is 0.500. The van der Waals surface area contributed by atoms with Crippen molar-refractivity contribution in [3.8, 4) is 0 Å². The maximum atomic E-state index is 12.0. The number of carboxylic acid groups (broad SMARTS) is 1.